The van der Waals surface area contributed by atoms with Crippen molar-refractivity contribution < 1.29 is 0 Å². The van der Waals surface area contributed by atoms with Crippen molar-refractivity contribution in [1.29, 1.82) is 0 Å². The van der Waals surface area contributed by atoms with Gasteiger partial charge in [0.2, 0.25) is 0 Å². The Hall–Kier alpha value is 0.200. The Morgan fingerprint density at radius 2 is 2.17 bits per heavy atom. The third-order valence-electron chi connectivity index (χ3n) is 2.97. The van der Waals surface area contributed by atoms with Crippen LogP contribution < -0.4 is 0 Å². The Morgan fingerprint density at radius 1 is 1.39 bits per heavy atom. The number of hydrogen-bond acceptors (Lipinski definition) is 3. The van der Waals surface area contributed by atoms with Crippen LogP contribution in [0.5, 0.6) is 0 Å². The molecule has 1 unspecified atom stereocenters. The molecule has 1 aliphatic heterocycles. The molecule has 0 amide bonds. The smallest absolute Gasteiger partial charge is 0.147 e. The van der Waals surface area contributed by atoms with Crippen LogP contribution in [0.15, 0.2) is 4.47 Å². The monoisotopic (exact) mass is 348 g/mol. The molecule has 1 fully saturated rings. The van der Waals surface area contributed by atoms with Gasteiger partial charge in [-0.3, -0.25) is 0 Å². The minimum Gasteiger partial charge on any atom is -0.235 e. The maximum atomic E-state index is 6.21. The van der Waals surface area contributed by atoms with Crippen LogP contribution in [0.3, 0.4) is 0 Å². The zero-order valence-corrected chi connectivity index (χ0v) is 13.9. The van der Waals surface area contributed by atoms with Gasteiger partial charge in [-0.1, -0.05) is 31.9 Å². The lowest BCUT2D eigenvalue weighted by atomic mass is 10.1. The normalized spacial score (nSPS) is 20.4. The van der Waals surface area contributed by atoms with Crippen LogP contribution in [0.25, 0.3) is 0 Å². The number of halogens is 2. The Kier molecular flexibility index (Phi) is 5.34. The molecule has 5 heteroatoms. The first-order valence-corrected chi connectivity index (χ1v) is 8.63. The maximum absolute atomic E-state index is 6.21. The van der Waals surface area contributed by atoms with Gasteiger partial charge in [0, 0.05) is 0 Å². The molecule has 0 spiro atoms. The van der Waals surface area contributed by atoms with Crippen molar-refractivity contribution in [3.63, 3.8) is 0 Å². The molecule has 0 aliphatic carbocycles. The lowest BCUT2D eigenvalue weighted by Crippen LogP contribution is -2.10. The van der Waals surface area contributed by atoms with Crippen molar-refractivity contribution in [3.05, 3.63) is 21.1 Å². The Balaban J connectivity index is 2.27. The summed E-state index contributed by atoms with van der Waals surface area (Å²) in [5.74, 6) is 2.70. The van der Waals surface area contributed by atoms with Crippen molar-refractivity contribution in [1.82, 2.24) is 9.97 Å². The van der Waals surface area contributed by atoms with E-state index in [0.29, 0.717) is 16.3 Å². The lowest BCUT2D eigenvalue weighted by molar-refractivity contribution is 0.617. The molecule has 0 saturated carbocycles. The average Bonchev–Trinajstić information content (AvgIpc) is 2.35. The summed E-state index contributed by atoms with van der Waals surface area (Å²) in [5.41, 5.74) is 1.05. The van der Waals surface area contributed by atoms with E-state index >= 15 is 0 Å². The van der Waals surface area contributed by atoms with Gasteiger partial charge in [0.25, 0.3) is 0 Å². The summed E-state index contributed by atoms with van der Waals surface area (Å²) in [4.78, 5) is 9.18. The molecular formula is C13H18BrClN2S. The molecule has 0 bridgehead atoms. The first-order valence-electron chi connectivity index (χ1n) is 6.41. The van der Waals surface area contributed by atoms with Gasteiger partial charge >= 0.3 is 0 Å². The molecule has 1 aromatic heterocycles. The highest BCUT2D eigenvalue weighted by Gasteiger charge is 2.21. The number of aromatic nitrogens is 2. The fraction of sp³-hybridized carbons (Fsp3) is 0.692. The fourth-order valence-corrected chi connectivity index (χ4v) is 3.87. The molecule has 100 valence electrons. The van der Waals surface area contributed by atoms with Gasteiger partial charge in [0.05, 0.1) is 15.4 Å². The highest BCUT2D eigenvalue weighted by molar-refractivity contribution is 9.10. The predicted molar refractivity (Wildman–Crippen MR) is 82.3 cm³/mol. The molecule has 1 atom stereocenters. The molecule has 1 aliphatic rings. The summed E-state index contributed by atoms with van der Waals surface area (Å²) < 4.78 is 0.863. The fourth-order valence-electron chi connectivity index (χ4n) is 2.09. The van der Waals surface area contributed by atoms with Crippen LogP contribution in [0, 0.1) is 5.92 Å². The third-order valence-corrected chi connectivity index (χ3v) is 5.67. The quantitative estimate of drug-likeness (QED) is 0.714. The van der Waals surface area contributed by atoms with E-state index in [-0.39, 0.29) is 0 Å². The number of hydrogen-bond donors (Lipinski definition) is 0. The molecular weight excluding hydrogens is 332 g/mol. The van der Waals surface area contributed by atoms with E-state index in [4.69, 9.17) is 16.6 Å². The van der Waals surface area contributed by atoms with Crippen LogP contribution in [0.1, 0.15) is 49.9 Å². The molecule has 2 rings (SSSR count). The molecule has 1 aromatic rings. The zero-order chi connectivity index (χ0) is 13.1. The number of thioether (sulfide) groups is 1. The van der Waals surface area contributed by atoms with E-state index in [1.807, 2.05) is 11.8 Å². The van der Waals surface area contributed by atoms with Crippen molar-refractivity contribution in [3.8, 4) is 0 Å². The van der Waals surface area contributed by atoms with E-state index in [1.165, 1.54) is 25.0 Å². The van der Waals surface area contributed by atoms with Gasteiger partial charge in [0.1, 0.15) is 11.0 Å². The SMILES string of the molecule is CC(C)Cc1nc(C2CCCCS2)nc(Cl)c1Br. The van der Waals surface area contributed by atoms with Crippen molar-refractivity contribution in [2.45, 2.75) is 44.8 Å². The van der Waals surface area contributed by atoms with E-state index in [1.54, 1.807) is 0 Å². The van der Waals surface area contributed by atoms with Gasteiger partial charge in [-0.25, -0.2) is 9.97 Å². The van der Waals surface area contributed by atoms with Crippen molar-refractivity contribution in [2.24, 2.45) is 5.92 Å². The minimum atomic E-state index is 0.426. The van der Waals surface area contributed by atoms with E-state index in [2.05, 4.69) is 34.8 Å². The second kappa shape index (κ2) is 6.58. The summed E-state index contributed by atoms with van der Waals surface area (Å²) >= 11 is 11.7. The van der Waals surface area contributed by atoms with Crippen molar-refractivity contribution >= 4 is 39.3 Å². The molecule has 0 radical (unpaired) electrons. The largest absolute Gasteiger partial charge is 0.235 e. The van der Waals surface area contributed by atoms with Crippen LogP contribution in [-0.4, -0.2) is 15.7 Å². The second-order valence-corrected chi connectivity index (χ2v) is 7.55. The van der Waals surface area contributed by atoms with Crippen LogP contribution >= 0.6 is 39.3 Å². The standard InChI is InChI=1S/C13H18BrClN2S/c1-8(2)7-9-11(14)12(15)17-13(16-9)10-5-3-4-6-18-10/h8,10H,3-7H2,1-2H3. The van der Waals surface area contributed by atoms with Crippen LogP contribution in [0.4, 0.5) is 0 Å². The van der Waals surface area contributed by atoms with Crippen LogP contribution in [0.2, 0.25) is 5.15 Å². The maximum Gasteiger partial charge on any atom is 0.147 e. The molecule has 18 heavy (non-hydrogen) atoms. The first kappa shape index (κ1) is 14.6. The molecule has 2 heterocycles. The molecule has 2 nitrogen and oxygen atoms in total. The highest BCUT2D eigenvalue weighted by atomic mass is 79.9. The topological polar surface area (TPSA) is 25.8 Å². The summed E-state index contributed by atoms with van der Waals surface area (Å²) in [6.45, 7) is 4.38. The average molecular weight is 350 g/mol. The first-order chi connectivity index (χ1) is 8.58. The van der Waals surface area contributed by atoms with Crippen LogP contribution in [-0.2, 0) is 6.42 Å². The lowest BCUT2D eigenvalue weighted by Gasteiger charge is -2.21. The predicted octanol–water partition coefficient (Wildman–Crippen LogP) is 5.05. The summed E-state index contributed by atoms with van der Waals surface area (Å²) in [5, 5.41) is 0.983. The summed E-state index contributed by atoms with van der Waals surface area (Å²) in [6.07, 6.45) is 4.69. The summed E-state index contributed by atoms with van der Waals surface area (Å²) in [6, 6.07) is 0. The van der Waals surface area contributed by atoms with Gasteiger partial charge in [0.15, 0.2) is 0 Å². The minimum absolute atomic E-state index is 0.426. The summed E-state index contributed by atoms with van der Waals surface area (Å²) in [7, 11) is 0. The third kappa shape index (κ3) is 3.61. The molecule has 0 aromatic carbocycles. The van der Waals surface area contributed by atoms with Gasteiger partial charge < -0.3 is 0 Å². The Morgan fingerprint density at radius 3 is 2.78 bits per heavy atom. The van der Waals surface area contributed by atoms with Gasteiger partial charge in [-0.15, -0.1) is 0 Å². The Bertz CT molecular complexity index is 420. The second-order valence-electron chi connectivity index (χ2n) is 5.09. The van der Waals surface area contributed by atoms with E-state index in [9.17, 15) is 0 Å². The highest BCUT2D eigenvalue weighted by Crippen LogP contribution is 2.38. The Labute approximate surface area is 126 Å². The molecule has 1 saturated heterocycles. The van der Waals surface area contributed by atoms with E-state index in [0.717, 1.165) is 22.4 Å². The number of rotatable bonds is 3. The zero-order valence-electron chi connectivity index (χ0n) is 10.7. The van der Waals surface area contributed by atoms with E-state index < -0.39 is 0 Å². The van der Waals surface area contributed by atoms with Gasteiger partial charge in [-0.2, -0.15) is 11.8 Å². The number of nitrogens with zero attached hydrogens (tertiary/aromatic N) is 2. The molecule has 0 N–H and O–H groups in total. The van der Waals surface area contributed by atoms with Crippen molar-refractivity contribution in [2.75, 3.05) is 5.75 Å². The van der Waals surface area contributed by atoms with Gasteiger partial charge in [-0.05, 0) is 46.9 Å².